The number of furan rings is 1. The molecule has 2 aromatic carbocycles. The van der Waals surface area contributed by atoms with Crippen molar-refractivity contribution in [1.29, 1.82) is 0 Å². The summed E-state index contributed by atoms with van der Waals surface area (Å²) in [6.45, 7) is 4.77. The molecule has 0 amide bonds. The number of imidazole rings is 1. The summed E-state index contributed by atoms with van der Waals surface area (Å²) in [4.78, 5) is 7.24. The fourth-order valence-corrected chi connectivity index (χ4v) is 3.19. The summed E-state index contributed by atoms with van der Waals surface area (Å²) in [7, 11) is 0. The van der Waals surface area contributed by atoms with Crippen molar-refractivity contribution >= 4 is 22.6 Å². The van der Waals surface area contributed by atoms with Crippen LogP contribution in [0.15, 0.2) is 46.9 Å². The second kappa shape index (κ2) is 7.87. The molecule has 0 unspecified atom stereocenters. The van der Waals surface area contributed by atoms with Crippen molar-refractivity contribution in [2.24, 2.45) is 5.92 Å². The van der Waals surface area contributed by atoms with Gasteiger partial charge in [-0.1, -0.05) is 25.4 Å². The van der Waals surface area contributed by atoms with Gasteiger partial charge in [-0.2, -0.15) is 0 Å². The molecule has 0 saturated heterocycles. The highest BCUT2D eigenvalue weighted by Crippen LogP contribution is 2.29. The molecule has 0 aliphatic heterocycles. The van der Waals surface area contributed by atoms with Gasteiger partial charge in [-0.05, 0) is 36.2 Å². The van der Waals surface area contributed by atoms with Crippen LogP contribution in [0, 0.1) is 17.6 Å². The minimum absolute atomic E-state index is 0.330. The van der Waals surface area contributed by atoms with E-state index >= 15 is 0 Å². The van der Waals surface area contributed by atoms with E-state index in [-0.39, 0.29) is 0 Å². The molecule has 0 aliphatic carbocycles. The Labute approximate surface area is 171 Å². The first kappa shape index (κ1) is 19.5. The van der Waals surface area contributed by atoms with E-state index in [2.05, 4.69) is 23.8 Å². The summed E-state index contributed by atoms with van der Waals surface area (Å²) in [5.74, 6) is 0.859. The molecule has 2 aromatic heterocycles. The molecule has 0 radical (unpaired) electrons. The molecule has 0 fully saturated rings. The molecule has 4 rings (SSSR count). The van der Waals surface area contributed by atoms with E-state index in [0.717, 1.165) is 23.4 Å². The first-order valence-electron chi connectivity index (χ1n) is 9.24. The largest absolute Gasteiger partial charge is 0.493 e. The van der Waals surface area contributed by atoms with Crippen LogP contribution >= 0.6 is 11.6 Å². The molecular formula is C22H19ClF2N2O2. The second-order valence-corrected chi connectivity index (χ2v) is 7.70. The SMILES string of the molecule is CC(C)COc1ccc(Cl)cc1Cc1ccc(-c2nc3cc(F)c(F)cc3[nH]2)o1. The zero-order valence-corrected chi connectivity index (χ0v) is 16.7. The molecule has 4 aromatic rings. The Morgan fingerprint density at radius 2 is 1.90 bits per heavy atom. The highest BCUT2D eigenvalue weighted by atomic mass is 35.5. The number of benzene rings is 2. The van der Waals surface area contributed by atoms with Crippen LogP contribution in [-0.4, -0.2) is 16.6 Å². The lowest BCUT2D eigenvalue weighted by Gasteiger charge is -2.13. The summed E-state index contributed by atoms with van der Waals surface area (Å²) in [5.41, 5.74) is 1.64. The third kappa shape index (κ3) is 4.27. The maximum absolute atomic E-state index is 13.4. The zero-order chi connectivity index (χ0) is 20.5. The van der Waals surface area contributed by atoms with E-state index in [1.165, 1.54) is 0 Å². The molecule has 0 aliphatic rings. The topological polar surface area (TPSA) is 51.0 Å². The number of aromatic amines is 1. The number of hydrogen-bond acceptors (Lipinski definition) is 3. The number of nitrogens with one attached hydrogen (secondary N) is 1. The molecule has 0 saturated carbocycles. The average Bonchev–Trinajstić information content (AvgIpc) is 3.28. The van der Waals surface area contributed by atoms with Gasteiger partial charge < -0.3 is 14.1 Å². The number of hydrogen-bond donors (Lipinski definition) is 1. The molecule has 2 heterocycles. The van der Waals surface area contributed by atoms with Crippen LogP contribution in [0.4, 0.5) is 8.78 Å². The van der Waals surface area contributed by atoms with Gasteiger partial charge in [0.15, 0.2) is 23.2 Å². The predicted molar refractivity (Wildman–Crippen MR) is 108 cm³/mol. The summed E-state index contributed by atoms with van der Waals surface area (Å²) in [6.07, 6.45) is 0.484. The van der Waals surface area contributed by atoms with Crippen LogP contribution in [-0.2, 0) is 6.42 Å². The fourth-order valence-electron chi connectivity index (χ4n) is 2.99. The fraction of sp³-hybridized carbons (Fsp3) is 0.227. The van der Waals surface area contributed by atoms with Crippen LogP contribution in [0.3, 0.4) is 0 Å². The van der Waals surface area contributed by atoms with Crippen molar-refractivity contribution in [3.05, 3.63) is 70.4 Å². The number of aromatic nitrogens is 2. The van der Waals surface area contributed by atoms with Crippen molar-refractivity contribution in [2.75, 3.05) is 6.61 Å². The van der Waals surface area contributed by atoms with Gasteiger partial charge in [0.1, 0.15) is 11.5 Å². The van der Waals surface area contributed by atoms with Gasteiger partial charge in [0, 0.05) is 29.1 Å². The number of ether oxygens (including phenoxy) is 1. The third-order valence-electron chi connectivity index (χ3n) is 4.38. The van der Waals surface area contributed by atoms with E-state index in [9.17, 15) is 8.78 Å². The highest BCUT2D eigenvalue weighted by Gasteiger charge is 2.14. The Morgan fingerprint density at radius 3 is 2.69 bits per heavy atom. The summed E-state index contributed by atoms with van der Waals surface area (Å²) >= 11 is 6.16. The Morgan fingerprint density at radius 1 is 1.10 bits per heavy atom. The lowest BCUT2D eigenvalue weighted by atomic mass is 10.1. The van der Waals surface area contributed by atoms with Gasteiger partial charge in [-0.25, -0.2) is 13.8 Å². The first-order valence-corrected chi connectivity index (χ1v) is 9.62. The standard InChI is InChI=1S/C22H19ClF2N2O2/c1-12(2)11-28-20-5-3-14(23)7-13(20)8-15-4-6-21(29-15)22-26-18-9-16(24)17(25)10-19(18)27-22/h3-7,9-10,12H,8,11H2,1-2H3,(H,26,27). The number of fused-ring (bicyclic) bond motifs is 1. The maximum Gasteiger partial charge on any atom is 0.174 e. The van der Waals surface area contributed by atoms with E-state index < -0.39 is 11.6 Å². The van der Waals surface area contributed by atoms with Gasteiger partial charge in [0.05, 0.1) is 17.6 Å². The Bertz CT molecular complexity index is 1130. The average molecular weight is 417 g/mol. The lowest BCUT2D eigenvalue weighted by molar-refractivity contribution is 0.268. The van der Waals surface area contributed by atoms with Gasteiger partial charge in [-0.3, -0.25) is 0 Å². The van der Waals surface area contributed by atoms with Gasteiger partial charge in [-0.15, -0.1) is 0 Å². The molecule has 1 N–H and O–H groups in total. The number of rotatable bonds is 6. The Hall–Kier alpha value is -2.86. The molecule has 0 bridgehead atoms. The van der Waals surface area contributed by atoms with Crippen LogP contribution in [0.2, 0.25) is 5.02 Å². The van der Waals surface area contributed by atoms with Gasteiger partial charge in [0.25, 0.3) is 0 Å². The first-order chi connectivity index (χ1) is 13.9. The molecule has 0 spiro atoms. The zero-order valence-electron chi connectivity index (χ0n) is 15.9. The quantitative estimate of drug-likeness (QED) is 0.396. The van der Waals surface area contributed by atoms with Crippen LogP contribution in [0.5, 0.6) is 5.75 Å². The van der Waals surface area contributed by atoms with Crippen molar-refractivity contribution < 1.29 is 17.9 Å². The van der Waals surface area contributed by atoms with E-state index in [1.54, 1.807) is 12.1 Å². The predicted octanol–water partition coefficient (Wildman–Crippen LogP) is 6.38. The maximum atomic E-state index is 13.4. The smallest absolute Gasteiger partial charge is 0.174 e. The van der Waals surface area contributed by atoms with E-state index in [4.69, 9.17) is 20.8 Å². The number of nitrogens with zero attached hydrogens (tertiary/aromatic N) is 1. The van der Waals surface area contributed by atoms with E-state index in [0.29, 0.717) is 52.3 Å². The number of H-pyrrole nitrogens is 1. The molecule has 7 heteroatoms. The molecule has 29 heavy (non-hydrogen) atoms. The van der Waals surface area contributed by atoms with Crippen molar-refractivity contribution in [3.8, 4) is 17.3 Å². The van der Waals surface area contributed by atoms with Crippen LogP contribution < -0.4 is 4.74 Å². The van der Waals surface area contributed by atoms with Crippen molar-refractivity contribution in [2.45, 2.75) is 20.3 Å². The van der Waals surface area contributed by atoms with Crippen molar-refractivity contribution in [1.82, 2.24) is 9.97 Å². The minimum atomic E-state index is -0.939. The van der Waals surface area contributed by atoms with Crippen LogP contribution in [0.1, 0.15) is 25.2 Å². The molecule has 4 nitrogen and oxygen atoms in total. The monoisotopic (exact) mass is 416 g/mol. The minimum Gasteiger partial charge on any atom is -0.493 e. The normalized spacial score (nSPS) is 11.5. The highest BCUT2D eigenvalue weighted by molar-refractivity contribution is 6.30. The third-order valence-corrected chi connectivity index (χ3v) is 4.61. The van der Waals surface area contributed by atoms with Crippen LogP contribution in [0.25, 0.3) is 22.6 Å². The van der Waals surface area contributed by atoms with E-state index in [1.807, 2.05) is 18.2 Å². The summed E-state index contributed by atoms with van der Waals surface area (Å²) in [5, 5.41) is 0.616. The van der Waals surface area contributed by atoms with Gasteiger partial charge in [0.2, 0.25) is 0 Å². The molecule has 150 valence electrons. The summed E-state index contributed by atoms with van der Waals surface area (Å²) in [6, 6.07) is 11.2. The molecule has 0 atom stereocenters. The number of halogens is 3. The van der Waals surface area contributed by atoms with Crippen molar-refractivity contribution in [3.63, 3.8) is 0 Å². The Kier molecular flexibility index (Phi) is 5.28. The molecular weight excluding hydrogens is 398 g/mol. The second-order valence-electron chi connectivity index (χ2n) is 7.27. The Balaban J connectivity index is 1.59. The van der Waals surface area contributed by atoms with Gasteiger partial charge >= 0.3 is 0 Å². The summed E-state index contributed by atoms with van der Waals surface area (Å²) < 4.78 is 38.6. The lowest BCUT2D eigenvalue weighted by Crippen LogP contribution is -2.06.